The first-order chi connectivity index (χ1) is 14.5. The third kappa shape index (κ3) is 4.96. The van der Waals surface area contributed by atoms with E-state index in [1.165, 1.54) is 0 Å². The summed E-state index contributed by atoms with van der Waals surface area (Å²) in [5.74, 6) is -0.391. The van der Waals surface area contributed by atoms with Crippen LogP contribution in [0.15, 0.2) is 35.5 Å². The highest BCUT2D eigenvalue weighted by Crippen LogP contribution is 2.32. The number of ether oxygens (including phenoxy) is 1. The molecule has 30 heavy (non-hydrogen) atoms. The highest BCUT2D eigenvalue weighted by atomic mass is 35.5. The SMILES string of the molecule is CCOC(=O)C1=C(CN2CCN(CC)CC2)N(CC)C(=O)NC1c1ccc(Cl)cc1. The molecule has 1 atom stereocenters. The second-order valence-corrected chi connectivity index (χ2v) is 7.91. The highest BCUT2D eigenvalue weighted by Gasteiger charge is 2.38. The first-order valence-electron chi connectivity index (χ1n) is 10.7. The number of urea groups is 1. The molecule has 2 heterocycles. The molecule has 1 aromatic carbocycles. The molecular formula is C22H31ClN4O3. The lowest BCUT2D eigenvalue weighted by Gasteiger charge is -2.40. The van der Waals surface area contributed by atoms with Gasteiger partial charge in [-0.2, -0.15) is 0 Å². The predicted molar refractivity (Wildman–Crippen MR) is 117 cm³/mol. The number of nitrogens with zero attached hydrogens (tertiary/aromatic N) is 3. The molecule has 8 heteroatoms. The van der Waals surface area contributed by atoms with Crippen molar-refractivity contribution in [3.05, 3.63) is 46.1 Å². The quantitative estimate of drug-likeness (QED) is 0.668. The number of benzene rings is 1. The Morgan fingerprint density at radius 1 is 1.07 bits per heavy atom. The molecule has 1 saturated heterocycles. The van der Waals surface area contributed by atoms with E-state index >= 15 is 0 Å². The van der Waals surface area contributed by atoms with Crippen LogP contribution in [0.2, 0.25) is 5.02 Å². The van der Waals surface area contributed by atoms with Gasteiger partial charge in [0, 0.05) is 50.0 Å². The van der Waals surface area contributed by atoms with Crippen molar-refractivity contribution < 1.29 is 14.3 Å². The van der Waals surface area contributed by atoms with Gasteiger partial charge < -0.3 is 15.0 Å². The maximum Gasteiger partial charge on any atom is 0.338 e. The maximum atomic E-state index is 13.1. The van der Waals surface area contributed by atoms with Gasteiger partial charge in [0.15, 0.2) is 0 Å². The van der Waals surface area contributed by atoms with E-state index < -0.39 is 12.0 Å². The number of likely N-dealkylation sites (N-methyl/N-ethyl adjacent to an activating group) is 2. The largest absolute Gasteiger partial charge is 0.463 e. The zero-order valence-corrected chi connectivity index (χ0v) is 18.7. The normalized spacial score (nSPS) is 21.0. The molecule has 1 fully saturated rings. The number of amides is 2. The summed E-state index contributed by atoms with van der Waals surface area (Å²) in [4.78, 5) is 32.4. The number of hydrogen-bond donors (Lipinski definition) is 1. The number of carbonyl (C=O) groups excluding carboxylic acids is 2. The minimum absolute atomic E-state index is 0.201. The molecule has 7 nitrogen and oxygen atoms in total. The number of piperazine rings is 1. The Hall–Kier alpha value is -2.09. The number of halogens is 1. The second kappa shape index (κ2) is 10.3. The van der Waals surface area contributed by atoms with Gasteiger partial charge in [0.05, 0.1) is 18.2 Å². The third-order valence-corrected chi connectivity index (χ3v) is 5.99. The van der Waals surface area contributed by atoms with Crippen molar-refractivity contribution in [3.63, 3.8) is 0 Å². The van der Waals surface area contributed by atoms with Crippen LogP contribution < -0.4 is 5.32 Å². The van der Waals surface area contributed by atoms with Gasteiger partial charge in [0.25, 0.3) is 0 Å². The van der Waals surface area contributed by atoms with Crippen LogP contribution in [0.3, 0.4) is 0 Å². The molecule has 0 aromatic heterocycles. The van der Waals surface area contributed by atoms with E-state index in [0.717, 1.165) is 44.0 Å². The van der Waals surface area contributed by atoms with Gasteiger partial charge in [-0.3, -0.25) is 9.80 Å². The average Bonchev–Trinajstić information content (AvgIpc) is 2.75. The zero-order chi connectivity index (χ0) is 21.7. The summed E-state index contributed by atoms with van der Waals surface area (Å²) in [6, 6.07) is 6.44. The van der Waals surface area contributed by atoms with Crippen molar-refractivity contribution >= 4 is 23.6 Å². The summed E-state index contributed by atoms with van der Waals surface area (Å²) in [7, 11) is 0. The Morgan fingerprint density at radius 3 is 2.27 bits per heavy atom. The van der Waals surface area contributed by atoms with Gasteiger partial charge >= 0.3 is 12.0 Å². The standard InChI is InChI=1S/C22H31ClN4O3/c1-4-25-11-13-26(14-12-25)15-18-19(21(28)30-6-3)20(24-22(29)27(18)5-2)16-7-9-17(23)10-8-16/h7-10,20H,4-6,11-15H2,1-3H3,(H,24,29). The molecular weight excluding hydrogens is 404 g/mol. The Balaban J connectivity index is 2.00. The molecule has 0 radical (unpaired) electrons. The molecule has 1 N–H and O–H groups in total. The fraction of sp³-hybridized carbons (Fsp3) is 0.545. The summed E-state index contributed by atoms with van der Waals surface area (Å²) >= 11 is 6.04. The number of esters is 1. The van der Waals surface area contributed by atoms with Crippen LogP contribution >= 0.6 is 11.6 Å². The number of carbonyl (C=O) groups is 2. The highest BCUT2D eigenvalue weighted by molar-refractivity contribution is 6.30. The van der Waals surface area contributed by atoms with Crippen LogP contribution in [-0.2, 0) is 9.53 Å². The van der Waals surface area contributed by atoms with Crippen molar-refractivity contribution in [3.8, 4) is 0 Å². The Morgan fingerprint density at radius 2 is 1.70 bits per heavy atom. The van der Waals surface area contributed by atoms with E-state index in [1.54, 1.807) is 24.0 Å². The summed E-state index contributed by atoms with van der Waals surface area (Å²) in [6.45, 7) is 12.0. The maximum absolute atomic E-state index is 13.1. The smallest absolute Gasteiger partial charge is 0.338 e. The van der Waals surface area contributed by atoms with Gasteiger partial charge in [-0.25, -0.2) is 9.59 Å². The van der Waals surface area contributed by atoms with Crippen molar-refractivity contribution in [2.24, 2.45) is 0 Å². The Labute approximate surface area is 183 Å². The third-order valence-electron chi connectivity index (χ3n) is 5.74. The topological polar surface area (TPSA) is 65.1 Å². The minimum Gasteiger partial charge on any atom is -0.463 e. The first-order valence-corrected chi connectivity index (χ1v) is 11.0. The van der Waals surface area contributed by atoms with E-state index in [-0.39, 0.29) is 12.6 Å². The van der Waals surface area contributed by atoms with E-state index in [2.05, 4.69) is 22.0 Å². The number of nitrogens with one attached hydrogen (secondary N) is 1. The lowest BCUT2D eigenvalue weighted by molar-refractivity contribution is -0.139. The molecule has 164 valence electrons. The lowest BCUT2D eigenvalue weighted by Crippen LogP contribution is -2.53. The predicted octanol–water partition coefficient (Wildman–Crippen LogP) is 2.88. The molecule has 0 spiro atoms. The summed E-state index contributed by atoms with van der Waals surface area (Å²) in [6.07, 6.45) is 0. The summed E-state index contributed by atoms with van der Waals surface area (Å²) in [5, 5.41) is 3.59. The van der Waals surface area contributed by atoms with Gasteiger partial charge in [0.2, 0.25) is 0 Å². The number of hydrogen-bond acceptors (Lipinski definition) is 5. The minimum atomic E-state index is -0.566. The monoisotopic (exact) mass is 434 g/mol. The van der Waals surface area contributed by atoms with Crippen LogP contribution in [0.1, 0.15) is 32.4 Å². The molecule has 2 aliphatic rings. The average molecular weight is 435 g/mol. The second-order valence-electron chi connectivity index (χ2n) is 7.47. The molecule has 0 bridgehead atoms. The molecule has 3 rings (SSSR count). The molecule has 1 aromatic rings. The zero-order valence-electron chi connectivity index (χ0n) is 18.0. The molecule has 1 unspecified atom stereocenters. The fourth-order valence-corrected chi connectivity index (χ4v) is 4.16. The van der Waals surface area contributed by atoms with Gasteiger partial charge in [-0.05, 0) is 38.1 Å². The van der Waals surface area contributed by atoms with E-state index in [4.69, 9.17) is 16.3 Å². The first kappa shape index (κ1) is 22.6. The summed E-state index contributed by atoms with van der Waals surface area (Å²) in [5.41, 5.74) is 2.03. The Bertz CT molecular complexity index is 788. The van der Waals surface area contributed by atoms with Gasteiger partial charge in [-0.15, -0.1) is 0 Å². The molecule has 2 aliphatic heterocycles. The molecule has 2 amide bonds. The Kier molecular flexibility index (Phi) is 7.75. The van der Waals surface area contributed by atoms with E-state index in [0.29, 0.717) is 23.7 Å². The summed E-state index contributed by atoms with van der Waals surface area (Å²) < 4.78 is 5.41. The van der Waals surface area contributed by atoms with Crippen LogP contribution in [0.5, 0.6) is 0 Å². The van der Waals surface area contributed by atoms with Crippen molar-refractivity contribution in [2.45, 2.75) is 26.8 Å². The van der Waals surface area contributed by atoms with E-state index in [9.17, 15) is 9.59 Å². The van der Waals surface area contributed by atoms with Crippen molar-refractivity contribution in [1.29, 1.82) is 0 Å². The molecule has 0 saturated carbocycles. The van der Waals surface area contributed by atoms with Crippen LogP contribution in [0, 0.1) is 0 Å². The lowest BCUT2D eigenvalue weighted by atomic mass is 9.94. The van der Waals surface area contributed by atoms with Crippen LogP contribution in [0.25, 0.3) is 0 Å². The van der Waals surface area contributed by atoms with Crippen LogP contribution in [-0.4, -0.2) is 79.1 Å². The van der Waals surface area contributed by atoms with Crippen molar-refractivity contribution in [2.75, 3.05) is 52.4 Å². The molecule has 0 aliphatic carbocycles. The number of rotatable bonds is 7. The fourth-order valence-electron chi connectivity index (χ4n) is 4.04. The van der Waals surface area contributed by atoms with Gasteiger partial charge in [-0.1, -0.05) is 30.7 Å². The van der Waals surface area contributed by atoms with Crippen molar-refractivity contribution in [1.82, 2.24) is 20.0 Å². The van der Waals surface area contributed by atoms with Crippen LogP contribution in [0.4, 0.5) is 4.79 Å². The van der Waals surface area contributed by atoms with E-state index in [1.807, 2.05) is 19.1 Å². The van der Waals surface area contributed by atoms with Gasteiger partial charge in [0.1, 0.15) is 0 Å².